The van der Waals surface area contributed by atoms with Gasteiger partial charge < -0.3 is 14.6 Å². The van der Waals surface area contributed by atoms with E-state index < -0.39 is 10.0 Å². The largest absolute Gasteiger partial charge is 0.461 e. The van der Waals surface area contributed by atoms with Crippen LogP contribution < -0.4 is 10.0 Å². The van der Waals surface area contributed by atoms with E-state index in [0.717, 1.165) is 35.1 Å². The van der Waals surface area contributed by atoms with Crippen LogP contribution in [0.1, 0.15) is 24.2 Å². The van der Waals surface area contributed by atoms with E-state index in [9.17, 15) is 13.2 Å². The van der Waals surface area contributed by atoms with Gasteiger partial charge in [-0.15, -0.1) is 0 Å². The normalized spacial score (nSPS) is 18.0. The number of piperidine rings is 1. The molecule has 27 heavy (non-hydrogen) atoms. The van der Waals surface area contributed by atoms with Gasteiger partial charge in [0.2, 0.25) is 10.0 Å². The van der Waals surface area contributed by atoms with E-state index in [1.54, 1.807) is 4.90 Å². The number of para-hydroxylation sites is 1. The topological polar surface area (TPSA) is 91.7 Å². The Labute approximate surface area is 160 Å². The lowest BCUT2D eigenvalue weighted by molar-refractivity contribution is 0.170. The molecule has 1 unspecified atom stereocenters. The maximum atomic E-state index is 12.5. The Balaban J connectivity index is 1.53. The maximum absolute atomic E-state index is 12.5. The summed E-state index contributed by atoms with van der Waals surface area (Å²) in [6.07, 6.45) is 2.34. The predicted molar refractivity (Wildman–Crippen MR) is 105 cm³/mol. The average Bonchev–Trinajstić information content (AvgIpc) is 2.97. The van der Waals surface area contributed by atoms with Crippen molar-refractivity contribution in [3.05, 3.63) is 35.6 Å². The Morgan fingerprint density at radius 2 is 2.11 bits per heavy atom. The van der Waals surface area contributed by atoms with Crippen molar-refractivity contribution in [1.29, 1.82) is 0 Å². The van der Waals surface area contributed by atoms with Gasteiger partial charge in [-0.2, -0.15) is 0 Å². The number of urea groups is 1. The number of carbonyl (C=O) groups is 1. The third-order valence-electron chi connectivity index (χ3n) is 5.12. The molecule has 148 valence electrons. The Bertz CT molecular complexity index is 907. The van der Waals surface area contributed by atoms with Gasteiger partial charge in [0.15, 0.2) is 0 Å². The highest BCUT2D eigenvalue weighted by Crippen LogP contribution is 2.25. The van der Waals surface area contributed by atoms with Crippen molar-refractivity contribution in [2.75, 3.05) is 32.4 Å². The zero-order valence-corrected chi connectivity index (χ0v) is 16.6. The van der Waals surface area contributed by atoms with Crippen molar-refractivity contribution in [2.24, 2.45) is 5.92 Å². The smallest absolute Gasteiger partial charge is 0.317 e. The number of nitrogens with one attached hydrogen (secondary N) is 2. The van der Waals surface area contributed by atoms with Crippen LogP contribution in [-0.2, 0) is 16.4 Å². The number of rotatable bonds is 6. The lowest BCUT2D eigenvalue weighted by atomic mass is 10.0. The van der Waals surface area contributed by atoms with E-state index in [4.69, 9.17) is 4.42 Å². The SMILES string of the molecule is CNS(=O)(=O)CC1CCCN(C(=O)NCCc2c(C)oc3ccccc23)C1. The zero-order chi connectivity index (χ0) is 19.4. The third-order valence-corrected chi connectivity index (χ3v) is 6.66. The molecule has 1 atom stereocenters. The van der Waals surface area contributed by atoms with Crippen LogP contribution >= 0.6 is 0 Å². The predicted octanol–water partition coefficient (Wildman–Crippen LogP) is 2.25. The van der Waals surface area contributed by atoms with Gasteiger partial charge in [-0.3, -0.25) is 0 Å². The lowest BCUT2D eigenvalue weighted by Gasteiger charge is -2.32. The van der Waals surface area contributed by atoms with E-state index in [-0.39, 0.29) is 17.7 Å². The molecule has 1 aromatic heterocycles. The number of sulfonamides is 1. The summed E-state index contributed by atoms with van der Waals surface area (Å²) >= 11 is 0. The van der Waals surface area contributed by atoms with Crippen LogP contribution in [0.3, 0.4) is 0 Å². The van der Waals surface area contributed by atoms with E-state index >= 15 is 0 Å². The van der Waals surface area contributed by atoms with E-state index in [1.165, 1.54) is 7.05 Å². The van der Waals surface area contributed by atoms with E-state index in [0.29, 0.717) is 26.1 Å². The highest BCUT2D eigenvalue weighted by Gasteiger charge is 2.27. The highest BCUT2D eigenvalue weighted by molar-refractivity contribution is 7.89. The van der Waals surface area contributed by atoms with Crippen LogP contribution in [0.15, 0.2) is 28.7 Å². The van der Waals surface area contributed by atoms with Crippen molar-refractivity contribution in [3.8, 4) is 0 Å². The Hall–Kier alpha value is -2.06. The number of nitrogens with zero attached hydrogens (tertiary/aromatic N) is 1. The fourth-order valence-electron chi connectivity index (χ4n) is 3.72. The molecule has 7 nitrogen and oxygen atoms in total. The first kappa shape index (κ1) is 19.7. The second-order valence-corrected chi connectivity index (χ2v) is 9.03. The van der Waals surface area contributed by atoms with E-state index in [2.05, 4.69) is 10.0 Å². The molecule has 2 heterocycles. The molecule has 2 aromatic rings. The number of aryl methyl sites for hydroxylation is 1. The molecule has 0 saturated carbocycles. The molecule has 1 saturated heterocycles. The first-order chi connectivity index (χ1) is 12.9. The first-order valence-electron chi connectivity index (χ1n) is 9.30. The molecule has 0 radical (unpaired) electrons. The Morgan fingerprint density at radius 3 is 2.89 bits per heavy atom. The number of furan rings is 1. The second kappa shape index (κ2) is 8.31. The van der Waals surface area contributed by atoms with Crippen molar-refractivity contribution in [1.82, 2.24) is 14.9 Å². The molecule has 8 heteroatoms. The van der Waals surface area contributed by atoms with Gasteiger partial charge >= 0.3 is 6.03 Å². The van der Waals surface area contributed by atoms with Gasteiger partial charge in [0.25, 0.3) is 0 Å². The Kier molecular flexibility index (Phi) is 6.06. The maximum Gasteiger partial charge on any atom is 0.317 e. The summed E-state index contributed by atoms with van der Waals surface area (Å²) in [5.74, 6) is 0.913. The van der Waals surface area contributed by atoms with Crippen LogP contribution in [0.4, 0.5) is 4.79 Å². The molecule has 1 fully saturated rings. The van der Waals surface area contributed by atoms with E-state index in [1.807, 2.05) is 31.2 Å². The number of benzene rings is 1. The number of hydrogen-bond acceptors (Lipinski definition) is 4. The molecule has 1 aliphatic heterocycles. The van der Waals surface area contributed by atoms with Crippen LogP contribution in [0.5, 0.6) is 0 Å². The minimum Gasteiger partial charge on any atom is -0.461 e. The highest BCUT2D eigenvalue weighted by atomic mass is 32.2. The van der Waals surface area contributed by atoms with Crippen molar-refractivity contribution in [2.45, 2.75) is 26.2 Å². The zero-order valence-electron chi connectivity index (χ0n) is 15.8. The molecule has 1 aromatic carbocycles. The summed E-state index contributed by atoms with van der Waals surface area (Å²) in [7, 11) is -1.84. The fourth-order valence-corrected chi connectivity index (χ4v) is 4.78. The number of fused-ring (bicyclic) bond motifs is 1. The quantitative estimate of drug-likeness (QED) is 0.787. The average molecular weight is 394 g/mol. The number of carbonyl (C=O) groups excluding carboxylic acids is 1. The molecule has 3 rings (SSSR count). The molecular formula is C19H27N3O4S. The van der Waals surface area contributed by atoms with Gasteiger partial charge in [-0.05, 0) is 45.2 Å². The van der Waals surface area contributed by atoms with Crippen LogP contribution in [-0.4, -0.2) is 51.8 Å². The summed E-state index contributed by atoms with van der Waals surface area (Å²) in [6.45, 7) is 3.59. The molecule has 0 spiro atoms. The third kappa shape index (κ3) is 4.81. The minimum atomic E-state index is -3.26. The van der Waals surface area contributed by atoms with Gasteiger partial charge in [0.05, 0.1) is 5.75 Å². The standard InChI is InChI=1S/C19H27N3O4S/c1-14-16(17-7-3-4-8-18(17)26-14)9-10-21-19(23)22-11-5-6-15(12-22)13-27(24,25)20-2/h3-4,7-8,15,20H,5-6,9-13H2,1-2H3,(H,21,23). The molecular weight excluding hydrogens is 366 g/mol. The van der Waals surface area contributed by atoms with Crippen molar-refractivity contribution >= 4 is 27.0 Å². The molecule has 1 aliphatic rings. The lowest BCUT2D eigenvalue weighted by Crippen LogP contribution is -2.47. The molecule has 2 amide bonds. The van der Waals surface area contributed by atoms with Gasteiger partial charge in [0.1, 0.15) is 11.3 Å². The molecule has 2 N–H and O–H groups in total. The molecule has 0 aliphatic carbocycles. The monoisotopic (exact) mass is 393 g/mol. The minimum absolute atomic E-state index is 0.0259. The second-order valence-electron chi connectivity index (χ2n) is 7.05. The van der Waals surface area contributed by atoms with Crippen LogP contribution in [0, 0.1) is 12.8 Å². The van der Waals surface area contributed by atoms with Crippen molar-refractivity contribution in [3.63, 3.8) is 0 Å². The first-order valence-corrected chi connectivity index (χ1v) is 11.0. The number of likely N-dealkylation sites (tertiary alicyclic amines) is 1. The summed E-state index contributed by atoms with van der Waals surface area (Å²) in [6, 6.07) is 7.76. The summed E-state index contributed by atoms with van der Waals surface area (Å²) in [5.41, 5.74) is 1.98. The summed E-state index contributed by atoms with van der Waals surface area (Å²) in [4.78, 5) is 14.2. The number of hydrogen-bond donors (Lipinski definition) is 2. The number of amides is 2. The summed E-state index contributed by atoms with van der Waals surface area (Å²) < 4.78 is 31.6. The van der Waals surface area contributed by atoms with Crippen LogP contribution in [0.25, 0.3) is 11.0 Å². The van der Waals surface area contributed by atoms with Crippen LogP contribution in [0.2, 0.25) is 0 Å². The van der Waals surface area contributed by atoms with Crippen molar-refractivity contribution < 1.29 is 17.6 Å². The van der Waals surface area contributed by atoms with Gasteiger partial charge in [-0.25, -0.2) is 17.9 Å². The molecule has 0 bridgehead atoms. The fraction of sp³-hybridized carbons (Fsp3) is 0.526. The van der Waals surface area contributed by atoms with Gasteiger partial charge in [-0.1, -0.05) is 18.2 Å². The summed E-state index contributed by atoms with van der Waals surface area (Å²) in [5, 5.41) is 4.04. The van der Waals surface area contributed by atoms with Gasteiger partial charge in [0, 0.05) is 30.6 Å². The Morgan fingerprint density at radius 1 is 1.33 bits per heavy atom.